The fourth-order valence-corrected chi connectivity index (χ4v) is 4.69. The van der Waals surface area contributed by atoms with Crippen LogP contribution in [-0.2, 0) is 6.42 Å². The maximum absolute atomic E-state index is 13.1. The average Bonchev–Trinajstić information content (AvgIpc) is 3.50. The number of rotatable bonds is 9. The topological polar surface area (TPSA) is 77.7 Å². The Labute approximate surface area is 202 Å². The van der Waals surface area contributed by atoms with Crippen LogP contribution in [0.2, 0.25) is 0 Å². The van der Waals surface area contributed by atoms with E-state index in [0.717, 1.165) is 39.7 Å². The number of nitrogens with zero attached hydrogens (tertiary/aromatic N) is 3. The first-order valence-electron chi connectivity index (χ1n) is 11.0. The summed E-state index contributed by atoms with van der Waals surface area (Å²) in [6.07, 6.45) is 1.47. The van der Waals surface area contributed by atoms with Crippen LogP contribution in [0.25, 0.3) is 21.8 Å². The Morgan fingerprint density at radius 3 is 2.53 bits per heavy atom. The van der Waals surface area contributed by atoms with Crippen LogP contribution in [0, 0.1) is 6.92 Å². The monoisotopic (exact) mass is 477 g/mol. The third-order valence-corrected chi connectivity index (χ3v) is 6.71. The van der Waals surface area contributed by atoms with Crippen LogP contribution in [-0.4, -0.2) is 48.8 Å². The molecule has 0 fully saturated rings. The Bertz CT molecular complexity index is 1270. The number of hydrogen-bond acceptors (Lipinski definition) is 7. The summed E-state index contributed by atoms with van der Waals surface area (Å²) in [4.78, 5) is 20.1. The number of hydrogen-bond donors (Lipinski definition) is 0. The predicted octanol–water partition coefficient (Wildman–Crippen LogP) is 5.50. The summed E-state index contributed by atoms with van der Waals surface area (Å²) in [5, 5.41) is 4.92. The zero-order valence-corrected chi connectivity index (χ0v) is 20.5. The Balaban J connectivity index is 1.38. The first kappa shape index (κ1) is 23.5. The van der Waals surface area contributed by atoms with Gasteiger partial charge in [-0.2, -0.15) is 0 Å². The molecule has 0 atom stereocenters. The van der Waals surface area contributed by atoms with Crippen molar-refractivity contribution in [1.82, 2.24) is 15.0 Å². The lowest BCUT2D eigenvalue weighted by molar-refractivity contribution is 0.0796. The third kappa shape index (κ3) is 5.12. The molecule has 0 saturated heterocycles. The highest BCUT2D eigenvalue weighted by molar-refractivity contribution is 7.17. The van der Waals surface area contributed by atoms with E-state index < -0.39 is 0 Å². The molecule has 1 amide bonds. The number of amides is 1. The lowest BCUT2D eigenvalue weighted by Gasteiger charge is -2.15. The summed E-state index contributed by atoms with van der Waals surface area (Å²) in [6, 6.07) is 17.5. The normalized spacial score (nSPS) is 10.8. The van der Waals surface area contributed by atoms with Crippen LogP contribution in [0.5, 0.6) is 11.5 Å². The number of carbonyl (C=O) groups excluding carboxylic acids is 1. The lowest BCUT2D eigenvalue weighted by Crippen LogP contribution is -2.27. The van der Waals surface area contributed by atoms with Crippen LogP contribution < -0.4 is 9.47 Å². The van der Waals surface area contributed by atoms with E-state index in [1.807, 2.05) is 68.6 Å². The van der Waals surface area contributed by atoms with Gasteiger partial charge >= 0.3 is 0 Å². The van der Waals surface area contributed by atoms with Gasteiger partial charge in [0.1, 0.15) is 21.3 Å². The van der Waals surface area contributed by atoms with Gasteiger partial charge in [-0.15, -0.1) is 11.3 Å². The molecule has 0 saturated carbocycles. The van der Waals surface area contributed by atoms with Crippen molar-refractivity contribution in [3.8, 4) is 33.3 Å². The van der Waals surface area contributed by atoms with Crippen molar-refractivity contribution in [2.24, 2.45) is 0 Å². The fourth-order valence-electron chi connectivity index (χ4n) is 3.63. The van der Waals surface area contributed by atoms with Gasteiger partial charge in [0.25, 0.3) is 5.91 Å². The molecule has 2 aromatic heterocycles. The van der Waals surface area contributed by atoms with E-state index in [-0.39, 0.29) is 5.91 Å². The van der Waals surface area contributed by atoms with Crippen LogP contribution in [0.1, 0.15) is 27.5 Å². The van der Waals surface area contributed by atoms with Gasteiger partial charge < -0.3 is 18.9 Å². The molecule has 0 N–H and O–H groups in total. The largest absolute Gasteiger partial charge is 0.493 e. The minimum absolute atomic E-state index is 0.0377. The zero-order valence-electron chi connectivity index (χ0n) is 19.7. The molecule has 34 heavy (non-hydrogen) atoms. The average molecular weight is 478 g/mol. The van der Waals surface area contributed by atoms with Crippen molar-refractivity contribution >= 4 is 17.2 Å². The summed E-state index contributed by atoms with van der Waals surface area (Å²) in [5.41, 5.74) is 3.44. The molecule has 4 rings (SSSR count). The van der Waals surface area contributed by atoms with Crippen LogP contribution >= 0.6 is 11.3 Å². The number of aromatic nitrogens is 2. The second-order valence-electron chi connectivity index (χ2n) is 7.88. The SMILES string of the molecule is COc1ccc(-c2nc(C)c(C(=O)N(C)CCCc3cc(-c4ccccc4)no3)s2)cc1OC. The van der Waals surface area contributed by atoms with Crippen LogP contribution in [0.4, 0.5) is 0 Å². The molecule has 7 nitrogen and oxygen atoms in total. The van der Waals surface area contributed by atoms with Gasteiger partial charge in [-0.3, -0.25) is 4.79 Å². The van der Waals surface area contributed by atoms with Crippen molar-refractivity contribution < 1.29 is 18.8 Å². The summed E-state index contributed by atoms with van der Waals surface area (Å²) in [5.74, 6) is 2.05. The number of methoxy groups -OCH3 is 2. The van der Waals surface area contributed by atoms with Crippen molar-refractivity contribution in [3.05, 3.63) is 70.9 Å². The minimum atomic E-state index is -0.0377. The molecule has 0 bridgehead atoms. The number of carbonyl (C=O) groups is 1. The highest BCUT2D eigenvalue weighted by Gasteiger charge is 2.20. The number of aryl methyl sites for hydroxylation is 2. The number of ether oxygens (including phenoxy) is 2. The molecular formula is C26H27N3O4S. The maximum Gasteiger partial charge on any atom is 0.265 e. The predicted molar refractivity (Wildman–Crippen MR) is 133 cm³/mol. The van der Waals surface area contributed by atoms with Crippen molar-refractivity contribution in [2.75, 3.05) is 27.8 Å². The molecular weight excluding hydrogens is 450 g/mol. The highest BCUT2D eigenvalue weighted by Crippen LogP contribution is 2.35. The smallest absolute Gasteiger partial charge is 0.265 e. The molecule has 0 aliphatic rings. The van der Waals surface area contributed by atoms with E-state index in [1.54, 1.807) is 19.1 Å². The van der Waals surface area contributed by atoms with E-state index in [2.05, 4.69) is 10.1 Å². The Morgan fingerprint density at radius 1 is 1.03 bits per heavy atom. The van der Waals surface area contributed by atoms with E-state index in [1.165, 1.54) is 11.3 Å². The number of benzene rings is 2. The van der Waals surface area contributed by atoms with Gasteiger partial charge in [0.2, 0.25) is 0 Å². The van der Waals surface area contributed by atoms with Gasteiger partial charge in [-0.25, -0.2) is 4.98 Å². The fraction of sp³-hybridized carbons (Fsp3) is 0.269. The van der Waals surface area contributed by atoms with Gasteiger partial charge in [-0.1, -0.05) is 35.5 Å². The summed E-state index contributed by atoms with van der Waals surface area (Å²) in [6.45, 7) is 2.46. The summed E-state index contributed by atoms with van der Waals surface area (Å²) < 4.78 is 16.2. The number of thiazole rings is 1. The lowest BCUT2D eigenvalue weighted by atomic mass is 10.1. The van der Waals surface area contributed by atoms with Gasteiger partial charge in [-0.05, 0) is 31.5 Å². The molecule has 0 unspecified atom stereocenters. The summed E-state index contributed by atoms with van der Waals surface area (Å²) >= 11 is 1.39. The molecule has 4 aromatic rings. The Hall–Kier alpha value is -3.65. The van der Waals surface area contributed by atoms with Crippen molar-refractivity contribution in [2.45, 2.75) is 19.8 Å². The molecule has 176 valence electrons. The molecule has 0 aliphatic heterocycles. The maximum atomic E-state index is 13.1. The Morgan fingerprint density at radius 2 is 1.79 bits per heavy atom. The first-order chi connectivity index (χ1) is 16.5. The van der Waals surface area contributed by atoms with Gasteiger partial charge in [0, 0.05) is 37.2 Å². The molecule has 0 aliphatic carbocycles. The highest BCUT2D eigenvalue weighted by atomic mass is 32.1. The first-order valence-corrected chi connectivity index (χ1v) is 11.8. The van der Waals surface area contributed by atoms with E-state index in [0.29, 0.717) is 29.3 Å². The second-order valence-corrected chi connectivity index (χ2v) is 8.88. The second kappa shape index (κ2) is 10.5. The quantitative estimate of drug-likeness (QED) is 0.317. The molecule has 2 heterocycles. The van der Waals surface area contributed by atoms with Crippen molar-refractivity contribution in [1.29, 1.82) is 0 Å². The summed E-state index contributed by atoms with van der Waals surface area (Å²) in [7, 11) is 5.01. The van der Waals surface area contributed by atoms with Crippen LogP contribution in [0.15, 0.2) is 59.1 Å². The molecule has 0 radical (unpaired) electrons. The van der Waals surface area contributed by atoms with Gasteiger partial charge in [0.05, 0.1) is 19.9 Å². The van der Waals surface area contributed by atoms with Gasteiger partial charge in [0.15, 0.2) is 11.5 Å². The van der Waals surface area contributed by atoms with E-state index in [9.17, 15) is 4.79 Å². The van der Waals surface area contributed by atoms with E-state index in [4.69, 9.17) is 14.0 Å². The molecule has 8 heteroatoms. The Kier molecular flexibility index (Phi) is 7.27. The zero-order chi connectivity index (χ0) is 24.1. The minimum Gasteiger partial charge on any atom is -0.493 e. The third-order valence-electron chi connectivity index (χ3n) is 5.51. The van der Waals surface area contributed by atoms with E-state index >= 15 is 0 Å². The van der Waals surface area contributed by atoms with Crippen molar-refractivity contribution in [3.63, 3.8) is 0 Å². The standard InChI is InChI=1S/C26H27N3O4S/c1-17-24(34-25(27-17)19-12-13-22(31-3)23(15-19)32-4)26(30)29(2)14-8-11-20-16-21(28-33-20)18-9-6-5-7-10-18/h5-7,9-10,12-13,15-16H,8,11,14H2,1-4H3. The van der Waals surface area contributed by atoms with Crippen LogP contribution in [0.3, 0.4) is 0 Å². The molecule has 0 spiro atoms. The molecule has 2 aromatic carbocycles.